The minimum atomic E-state index is -1.02. The SMILES string of the molecule is COc1ccc(F)c(C(=O)NC2CCN(CCOCCNc3cccc4c3C(=O)N(C3CCC(=O)NC3=O)C4=O)C2)c1. The highest BCUT2D eigenvalue weighted by molar-refractivity contribution is 6.25. The number of imide groups is 2. The van der Waals surface area contributed by atoms with Gasteiger partial charge in [-0.3, -0.25) is 39.1 Å². The highest BCUT2D eigenvalue weighted by Crippen LogP contribution is 2.32. The molecule has 2 atom stereocenters. The molecular weight excluding hydrogens is 549 g/mol. The molecule has 2 unspecified atom stereocenters. The van der Waals surface area contributed by atoms with Crippen LogP contribution in [0.5, 0.6) is 5.75 Å². The Balaban J connectivity index is 1.05. The van der Waals surface area contributed by atoms with Gasteiger partial charge < -0.3 is 20.1 Å². The zero-order chi connectivity index (χ0) is 29.8. The summed E-state index contributed by atoms with van der Waals surface area (Å²) in [6, 6.07) is 7.81. The molecule has 2 aromatic carbocycles. The van der Waals surface area contributed by atoms with E-state index in [0.29, 0.717) is 44.3 Å². The van der Waals surface area contributed by atoms with Gasteiger partial charge in [-0.05, 0) is 43.2 Å². The number of anilines is 1. The summed E-state index contributed by atoms with van der Waals surface area (Å²) < 4.78 is 24.9. The fourth-order valence-electron chi connectivity index (χ4n) is 5.44. The Bertz CT molecular complexity index is 1420. The molecule has 3 heterocycles. The molecule has 0 saturated carbocycles. The molecule has 0 spiro atoms. The number of likely N-dealkylation sites (tertiary alicyclic amines) is 1. The molecular formula is C29H32FN5O7. The first-order chi connectivity index (χ1) is 20.3. The summed E-state index contributed by atoms with van der Waals surface area (Å²) in [5, 5.41) is 8.22. The number of piperidine rings is 1. The van der Waals surface area contributed by atoms with Crippen LogP contribution >= 0.6 is 0 Å². The summed E-state index contributed by atoms with van der Waals surface area (Å²) in [5.41, 5.74) is 0.823. The summed E-state index contributed by atoms with van der Waals surface area (Å²) in [4.78, 5) is 65.6. The van der Waals surface area contributed by atoms with E-state index in [-0.39, 0.29) is 35.6 Å². The number of hydrogen-bond acceptors (Lipinski definition) is 9. The molecule has 2 saturated heterocycles. The number of nitrogens with zero attached hydrogens (tertiary/aromatic N) is 2. The van der Waals surface area contributed by atoms with Crippen molar-refractivity contribution in [2.75, 3.05) is 51.8 Å². The molecule has 5 amide bonds. The number of carbonyl (C=O) groups excluding carboxylic acids is 5. The van der Waals surface area contributed by atoms with E-state index in [1.54, 1.807) is 18.2 Å². The minimum Gasteiger partial charge on any atom is -0.497 e. The fourth-order valence-corrected chi connectivity index (χ4v) is 5.44. The van der Waals surface area contributed by atoms with E-state index in [1.165, 1.54) is 25.3 Å². The average Bonchev–Trinajstić information content (AvgIpc) is 3.52. The van der Waals surface area contributed by atoms with Crippen LogP contribution in [0.2, 0.25) is 0 Å². The molecule has 2 fully saturated rings. The van der Waals surface area contributed by atoms with Crippen molar-refractivity contribution in [2.45, 2.75) is 31.3 Å². The van der Waals surface area contributed by atoms with E-state index in [1.807, 2.05) is 0 Å². The van der Waals surface area contributed by atoms with E-state index in [4.69, 9.17) is 9.47 Å². The van der Waals surface area contributed by atoms with Gasteiger partial charge in [-0.1, -0.05) is 6.07 Å². The van der Waals surface area contributed by atoms with Crippen LogP contribution in [0.15, 0.2) is 36.4 Å². The molecule has 0 aliphatic carbocycles. The number of benzene rings is 2. The van der Waals surface area contributed by atoms with Gasteiger partial charge in [-0.15, -0.1) is 0 Å². The summed E-state index contributed by atoms with van der Waals surface area (Å²) in [6.07, 6.45) is 0.889. The third kappa shape index (κ3) is 6.11. The number of amides is 5. The zero-order valence-corrected chi connectivity index (χ0v) is 23.1. The molecule has 0 bridgehead atoms. The fraction of sp³-hybridized carbons (Fsp3) is 0.414. The van der Waals surface area contributed by atoms with E-state index < -0.39 is 41.4 Å². The number of rotatable bonds is 11. The Hall–Kier alpha value is -4.36. The Kier molecular flexibility index (Phi) is 8.78. The first-order valence-corrected chi connectivity index (χ1v) is 13.8. The Morgan fingerprint density at radius 1 is 1.10 bits per heavy atom. The topological polar surface area (TPSA) is 146 Å². The third-order valence-corrected chi connectivity index (χ3v) is 7.61. The van der Waals surface area contributed by atoms with Crippen molar-refractivity contribution in [1.29, 1.82) is 0 Å². The summed E-state index contributed by atoms with van der Waals surface area (Å²) in [7, 11) is 1.46. The van der Waals surface area contributed by atoms with Crippen LogP contribution in [0.1, 0.15) is 50.3 Å². The quantitative estimate of drug-likeness (QED) is 0.263. The second kappa shape index (κ2) is 12.7. The Morgan fingerprint density at radius 3 is 2.71 bits per heavy atom. The van der Waals surface area contributed by atoms with Gasteiger partial charge in [0.15, 0.2) is 0 Å². The Morgan fingerprint density at radius 2 is 1.93 bits per heavy atom. The molecule has 3 aliphatic heterocycles. The van der Waals surface area contributed by atoms with Crippen LogP contribution in [0, 0.1) is 5.82 Å². The largest absolute Gasteiger partial charge is 0.497 e. The molecule has 2 aromatic rings. The number of halogens is 1. The molecule has 13 heteroatoms. The van der Waals surface area contributed by atoms with Crippen LogP contribution in [-0.2, 0) is 14.3 Å². The number of fused-ring (bicyclic) bond motifs is 1. The summed E-state index contributed by atoms with van der Waals surface area (Å²) >= 11 is 0. The lowest BCUT2D eigenvalue weighted by atomic mass is 10.0. The van der Waals surface area contributed by atoms with Crippen LogP contribution in [0.3, 0.4) is 0 Å². The van der Waals surface area contributed by atoms with Crippen molar-refractivity contribution < 1.29 is 37.8 Å². The van der Waals surface area contributed by atoms with Gasteiger partial charge in [0.2, 0.25) is 11.8 Å². The monoisotopic (exact) mass is 581 g/mol. The van der Waals surface area contributed by atoms with E-state index in [0.717, 1.165) is 17.9 Å². The molecule has 0 aromatic heterocycles. The second-order valence-corrected chi connectivity index (χ2v) is 10.3. The van der Waals surface area contributed by atoms with E-state index in [2.05, 4.69) is 20.9 Å². The van der Waals surface area contributed by atoms with Crippen molar-refractivity contribution in [2.24, 2.45) is 0 Å². The first kappa shape index (κ1) is 29.1. The van der Waals surface area contributed by atoms with Crippen LogP contribution < -0.4 is 20.7 Å². The van der Waals surface area contributed by atoms with Crippen molar-refractivity contribution in [1.82, 2.24) is 20.4 Å². The molecule has 0 radical (unpaired) electrons. The standard InChI is InChI=1S/C29H32FN5O7/c1-41-18-5-6-21(30)20(15-18)26(37)32-17-9-11-34(16-17)12-14-42-13-10-31-22-4-2-3-19-25(22)29(40)35(28(19)39)23-7-8-24(36)33-27(23)38/h2-6,15,17,23,31H,7-14,16H2,1H3,(H,32,37)(H,33,36,38). The van der Waals surface area contributed by atoms with Crippen molar-refractivity contribution in [3.05, 3.63) is 58.9 Å². The lowest BCUT2D eigenvalue weighted by Gasteiger charge is -2.27. The Labute approximate surface area is 241 Å². The lowest BCUT2D eigenvalue weighted by Crippen LogP contribution is -2.54. The number of nitrogens with one attached hydrogen (secondary N) is 3. The maximum atomic E-state index is 14.1. The number of hydrogen-bond donors (Lipinski definition) is 3. The maximum Gasteiger partial charge on any atom is 0.264 e. The summed E-state index contributed by atoms with van der Waals surface area (Å²) in [5.74, 6) is -2.88. The molecule has 42 heavy (non-hydrogen) atoms. The van der Waals surface area contributed by atoms with E-state index >= 15 is 0 Å². The van der Waals surface area contributed by atoms with Gasteiger partial charge in [-0.2, -0.15) is 0 Å². The number of methoxy groups -OCH3 is 1. The smallest absolute Gasteiger partial charge is 0.264 e. The third-order valence-electron chi connectivity index (χ3n) is 7.61. The van der Waals surface area contributed by atoms with Gasteiger partial charge in [0, 0.05) is 44.3 Å². The predicted octanol–water partition coefficient (Wildman–Crippen LogP) is 1.17. The van der Waals surface area contributed by atoms with E-state index in [9.17, 15) is 28.4 Å². The van der Waals surface area contributed by atoms with Crippen molar-refractivity contribution >= 4 is 35.2 Å². The first-order valence-electron chi connectivity index (χ1n) is 13.8. The maximum absolute atomic E-state index is 14.1. The molecule has 3 aliphatic rings. The zero-order valence-electron chi connectivity index (χ0n) is 23.1. The van der Waals surface area contributed by atoms with Gasteiger partial charge in [0.1, 0.15) is 17.6 Å². The number of carbonyl (C=O) groups is 5. The van der Waals surface area contributed by atoms with Crippen LogP contribution in [-0.4, -0.2) is 97.9 Å². The highest BCUT2D eigenvalue weighted by Gasteiger charge is 2.45. The summed E-state index contributed by atoms with van der Waals surface area (Å²) in [6.45, 7) is 3.19. The molecule has 222 valence electrons. The molecule has 3 N–H and O–H groups in total. The molecule has 5 rings (SSSR count). The minimum absolute atomic E-state index is 0.0533. The van der Waals surface area contributed by atoms with Gasteiger partial charge >= 0.3 is 0 Å². The normalized spacial score (nSPS) is 20.5. The van der Waals surface area contributed by atoms with Crippen molar-refractivity contribution in [3.63, 3.8) is 0 Å². The lowest BCUT2D eigenvalue weighted by molar-refractivity contribution is -0.136. The van der Waals surface area contributed by atoms with Crippen molar-refractivity contribution in [3.8, 4) is 5.75 Å². The van der Waals surface area contributed by atoms with Gasteiger partial charge in [-0.25, -0.2) is 4.39 Å². The highest BCUT2D eigenvalue weighted by atomic mass is 19.1. The predicted molar refractivity (Wildman–Crippen MR) is 148 cm³/mol. The van der Waals surface area contributed by atoms with Gasteiger partial charge in [0.25, 0.3) is 17.7 Å². The number of ether oxygens (including phenoxy) is 2. The van der Waals surface area contributed by atoms with Crippen LogP contribution in [0.25, 0.3) is 0 Å². The molecule has 12 nitrogen and oxygen atoms in total. The second-order valence-electron chi connectivity index (χ2n) is 10.3. The van der Waals surface area contributed by atoms with Gasteiger partial charge in [0.05, 0.1) is 37.0 Å². The van der Waals surface area contributed by atoms with Crippen LogP contribution in [0.4, 0.5) is 10.1 Å². The average molecular weight is 582 g/mol.